The SMILES string of the molecule is CO.O=Cc1c(C(F)(F)F)nc2sccn12. The minimum absolute atomic E-state index is 0.162. The molecule has 0 aromatic carbocycles. The molecule has 88 valence electrons. The predicted octanol–water partition coefficient (Wildman–Crippen LogP) is 1.84. The van der Waals surface area contributed by atoms with Crippen molar-refractivity contribution in [2.24, 2.45) is 0 Å². The van der Waals surface area contributed by atoms with Crippen LogP contribution in [0.5, 0.6) is 0 Å². The maximum absolute atomic E-state index is 12.3. The van der Waals surface area contributed by atoms with E-state index < -0.39 is 17.6 Å². The molecule has 0 spiro atoms. The van der Waals surface area contributed by atoms with Crippen LogP contribution in [0.2, 0.25) is 0 Å². The molecule has 0 unspecified atom stereocenters. The van der Waals surface area contributed by atoms with Crippen LogP contribution >= 0.6 is 11.3 Å². The molecule has 0 aliphatic rings. The summed E-state index contributed by atoms with van der Waals surface area (Å²) < 4.78 is 38.1. The Hall–Kier alpha value is -1.41. The molecular weight excluding hydrogens is 245 g/mol. The molecule has 0 radical (unpaired) electrons. The van der Waals surface area contributed by atoms with Crippen LogP contribution in [0.1, 0.15) is 16.2 Å². The first-order chi connectivity index (χ1) is 7.54. The number of hydrogen-bond donors (Lipinski definition) is 1. The van der Waals surface area contributed by atoms with E-state index in [-0.39, 0.29) is 11.2 Å². The highest BCUT2D eigenvalue weighted by Crippen LogP contribution is 2.32. The number of nitrogens with zero attached hydrogens (tertiary/aromatic N) is 2. The number of halogens is 3. The number of alkyl halides is 3. The number of fused-ring (bicyclic) bond motifs is 1. The maximum atomic E-state index is 12.3. The summed E-state index contributed by atoms with van der Waals surface area (Å²) in [6.45, 7) is 0. The zero-order valence-electron chi connectivity index (χ0n) is 8.02. The monoisotopic (exact) mass is 252 g/mol. The summed E-state index contributed by atoms with van der Waals surface area (Å²) in [4.78, 5) is 14.0. The molecule has 0 fully saturated rings. The van der Waals surface area contributed by atoms with E-state index in [4.69, 9.17) is 5.11 Å². The third kappa shape index (κ3) is 2.07. The third-order valence-electron chi connectivity index (χ3n) is 1.68. The highest BCUT2D eigenvalue weighted by atomic mass is 32.1. The van der Waals surface area contributed by atoms with Crippen LogP contribution < -0.4 is 0 Å². The van der Waals surface area contributed by atoms with Crippen molar-refractivity contribution in [1.82, 2.24) is 9.38 Å². The highest BCUT2D eigenvalue weighted by Gasteiger charge is 2.37. The van der Waals surface area contributed by atoms with Crippen molar-refractivity contribution in [3.05, 3.63) is 23.0 Å². The first kappa shape index (κ1) is 12.7. The van der Waals surface area contributed by atoms with Crippen LogP contribution in [0, 0.1) is 0 Å². The third-order valence-corrected chi connectivity index (χ3v) is 2.44. The Kier molecular flexibility index (Phi) is 3.66. The van der Waals surface area contributed by atoms with Crippen molar-refractivity contribution in [3.8, 4) is 0 Å². The topological polar surface area (TPSA) is 54.6 Å². The smallest absolute Gasteiger partial charge is 0.400 e. The number of aldehydes is 1. The van der Waals surface area contributed by atoms with Gasteiger partial charge in [-0.3, -0.25) is 9.20 Å². The van der Waals surface area contributed by atoms with Crippen LogP contribution in [-0.4, -0.2) is 27.9 Å². The minimum Gasteiger partial charge on any atom is -0.400 e. The molecule has 0 aliphatic heterocycles. The van der Waals surface area contributed by atoms with E-state index in [2.05, 4.69) is 4.98 Å². The number of aliphatic hydroxyl groups excluding tert-OH is 1. The molecule has 16 heavy (non-hydrogen) atoms. The van der Waals surface area contributed by atoms with Crippen LogP contribution in [0.4, 0.5) is 13.2 Å². The number of rotatable bonds is 1. The number of aliphatic hydroxyl groups is 1. The molecule has 8 heteroatoms. The molecule has 2 heterocycles. The second kappa shape index (κ2) is 4.62. The molecule has 0 atom stereocenters. The second-order valence-electron chi connectivity index (χ2n) is 2.52. The van der Waals surface area contributed by atoms with Gasteiger partial charge in [-0.1, -0.05) is 0 Å². The molecule has 0 saturated heterocycles. The van der Waals surface area contributed by atoms with Crippen LogP contribution in [-0.2, 0) is 6.18 Å². The van der Waals surface area contributed by atoms with Gasteiger partial charge in [-0.2, -0.15) is 13.2 Å². The molecule has 2 rings (SSSR count). The molecule has 0 amide bonds. The number of imidazole rings is 1. The first-order valence-corrected chi connectivity index (χ1v) is 4.84. The first-order valence-electron chi connectivity index (χ1n) is 3.96. The molecule has 0 bridgehead atoms. The summed E-state index contributed by atoms with van der Waals surface area (Å²) >= 11 is 1.05. The average molecular weight is 252 g/mol. The Labute approximate surface area is 92.0 Å². The van der Waals surface area contributed by atoms with Gasteiger partial charge in [0.2, 0.25) is 0 Å². The maximum Gasteiger partial charge on any atom is 0.435 e. The molecule has 4 nitrogen and oxygen atoms in total. The lowest BCUT2D eigenvalue weighted by Gasteiger charge is -2.01. The molecule has 1 N–H and O–H groups in total. The van der Waals surface area contributed by atoms with Gasteiger partial charge in [0.05, 0.1) is 0 Å². The Morgan fingerprint density at radius 2 is 2.12 bits per heavy atom. The normalized spacial score (nSPS) is 11.1. The summed E-state index contributed by atoms with van der Waals surface area (Å²) in [5.41, 5.74) is -1.58. The largest absolute Gasteiger partial charge is 0.435 e. The molecule has 2 aromatic rings. The van der Waals surface area contributed by atoms with Crippen molar-refractivity contribution in [1.29, 1.82) is 0 Å². The molecule has 0 saturated carbocycles. The number of aromatic nitrogens is 2. The Morgan fingerprint density at radius 1 is 1.50 bits per heavy atom. The van der Waals surface area contributed by atoms with Gasteiger partial charge in [-0.15, -0.1) is 11.3 Å². The fraction of sp³-hybridized carbons (Fsp3) is 0.250. The van der Waals surface area contributed by atoms with E-state index in [0.717, 1.165) is 22.8 Å². The van der Waals surface area contributed by atoms with Gasteiger partial charge < -0.3 is 5.11 Å². The lowest BCUT2D eigenvalue weighted by Crippen LogP contribution is -2.09. The number of carbonyl (C=O) groups is 1. The summed E-state index contributed by atoms with van der Waals surface area (Å²) in [5.74, 6) is 0. The van der Waals surface area contributed by atoms with Crippen LogP contribution in [0.3, 0.4) is 0 Å². The van der Waals surface area contributed by atoms with Gasteiger partial charge in [0, 0.05) is 18.7 Å². The van der Waals surface area contributed by atoms with Crippen molar-refractivity contribution in [2.75, 3.05) is 7.11 Å². The van der Waals surface area contributed by atoms with E-state index in [1.807, 2.05) is 0 Å². The Morgan fingerprint density at radius 3 is 2.62 bits per heavy atom. The zero-order chi connectivity index (χ0) is 12.3. The van der Waals surface area contributed by atoms with E-state index in [9.17, 15) is 18.0 Å². The van der Waals surface area contributed by atoms with Crippen LogP contribution in [0.15, 0.2) is 11.6 Å². The highest BCUT2D eigenvalue weighted by molar-refractivity contribution is 7.15. The van der Waals surface area contributed by atoms with Gasteiger partial charge in [0.1, 0.15) is 5.69 Å². The summed E-state index contributed by atoms with van der Waals surface area (Å²) in [5, 5.41) is 8.56. The molecule has 2 aromatic heterocycles. The second-order valence-corrected chi connectivity index (χ2v) is 3.39. The van der Waals surface area contributed by atoms with Crippen molar-refractivity contribution in [2.45, 2.75) is 6.18 Å². The van der Waals surface area contributed by atoms with Gasteiger partial charge in [0.25, 0.3) is 0 Å². The number of thiazole rings is 1. The van der Waals surface area contributed by atoms with Crippen molar-refractivity contribution >= 4 is 22.6 Å². The fourth-order valence-corrected chi connectivity index (χ4v) is 1.85. The zero-order valence-corrected chi connectivity index (χ0v) is 8.84. The van der Waals surface area contributed by atoms with E-state index in [0.29, 0.717) is 0 Å². The summed E-state index contributed by atoms with van der Waals surface area (Å²) in [7, 11) is 1.00. The average Bonchev–Trinajstić information content (AvgIpc) is 2.77. The summed E-state index contributed by atoms with van der Waals surface area (Å²) in [6, 6.07) is 0. The van der Waals surface area contributed by atoms with Gasteiger partial charge >= 0.3 is 6.18 Å². The van der Waals surface area contributed by atoms with E-state index in [1.165, 1.54) is 6.20 Å². The van der Waals surface area contributed by atoms with Gasteiger partial charge in [0.15, 0.2) is 16.9 Å². The predicted molar refractivity (Wildman–Crippen MR) is 51.6 cm³/mol. The quantitative estimate of drug-likeness (QED) is 0.788. The number of hydrogen-bond acceptors (Lipinski definition) is 4. The fourth-order valence-electron chi connectivity index (χ4n) is 1.12. The Bertz CT molecular complexity index is 489. The lowest BCUT2D eigenvalue weighted by molar-refractivity contribution is -0.141. The van der Waals surface area contributed by atoms with Gasteiger partial charge in [-0.25, -0.2) is 4.98 Å². The van der Waals surface area contributed by atoms with Gasteiger partial charge in [-0.05, 0) is 0 Å². The summed E-state index contributed by atoms with van der Waals surface area (Å²) in [6.07, 6.45) is -3.04. The molecular formula is C8H7F3N2O2S. The lowest BCUT2D eigenvalue weighted by atomic mass is 10.3. The van der Waals surface area contributed by atoms with Crippen molar-refractivity contribution < 1.29 is 23.1 Å². The van der Waals surface area contributed by atoms with E-state index >= 15 is 0 Å². The number of carbonyl (C=O) groups excluding carboxylic acids is 1. The van der Waals surface area contributed by atoms with E-state index in [1.54, 1.807) is 5.38 Å². The standard InChI is InChI=1S/C7H3F3N2OS.CH4O/c8-7(9,10)5-4(3-13)12-1-2-14-6(12)11-5;1-2/h1-3H;2H,1H3. The van der Waals surface area contributed by atoms with Crippen molar-refractivity contribution in [3.63, 3.8) is 0 Å². The Balaban J connectivity index is 0.000000606. The van der Waals surface area contributed by atoms with Crippen LogP contribution in [0.25, 0.3) is 4.96 Å². The minimum atomic E-state index is -4.58. The molecule has 0 aliphatic carbocycles.